The molecule has 4 N–H and O–H groups in total. The summed E-state index contributed by atoms with van der Waals surface area (Å²) < 4.78 is 7.23. The number of nitrogen functional groups attached to an aromatic ring is 2. The van der Waals surface area contributed by atoms with E-state index in [0.29, 0.717) is 23.0 Å². The highest BCUT2D eigenvalue weighted by Crippen LogP contribution is 2.32. The number of hydrogen-bond acceptors (Lipinski definition) is 7. The summed E-state index contributed by atoms with van der Waals surface area (Å²) in [6.45, 7) is 6.93. The molecule has 0 atom stereocenters. The van der Waals surface area contributed by atoms with E-state index in [4.69, 9.17) is 16.2 Å². The quantitative estimate of drug-likeness (QED) is 0.662. The number of anilines is 2. The Hall–Kier alpha value is -3.31. The highest BCUT2D eigenvalue weighted by molar-refractivity contribution is 5.71. The molecule has 0 radical (unpaired) electrons. The average Bonchev–Trinajstić information content (AvgIpc) is 3.16. The molecule has 0 bridgehead atoms. The Kier molecular flexibility index (Phi) is 5.43. The van der Waals surface area contributed by atoms with E-state index in [9.17, 15) is 0 Å². The van der Waals surface area contributed by atoms with E-state index in [1.54, 1.807) is 11.7 Å². The predicted octanol–water partition coefficient (Wildman–Crippen LogP) is 1.63. The Morgan fingerprint density at radius 2 is 1.96 bits per heavy atom. The van der Waals surface area contributed by atoms with Gasteiger partial charge in [0.1, 0.15) is 12.1 Å². The van der Waals surface area contributed by atoms with Gasteiger partial charge in [-0.2, -0.15) is 4.98 Å². The van der Waals surface area contributed by atoms with Crippen molar-refractivity contribution in [1.29, 1.82) is 0 Å². The number of ether oxygens (including phenoxy) is 1. The van der Waals surface area contributed by atoms with Crippen LogP contribution in [0.3, 0.4) is 0 Å². The van der Waals surface area contributed by atoms with Crippen LogP contribution in [-0.2, 0) is 0 Å². The van der Waals surface area contributed by atoms with Gasteiger partial charge in [0.25, 0.3) is 0 Å². The smallest absolute Gasteiger partial charge is 0.208 e. The minimum Gasteiger partial charge on any atom is -0.495 e. The highest BCUT2D eigenvalue weighted by Gasteiger charge is 2.21. The summed E-state index contributed by atoms with van der Waals surface area (Å²) in [6, 6.07) is 5.66. The van der Waals surface area contributed by atoms with Crippen molar-refractivity contribution in [2.24, 2.45) is 0 Å². The molecule has 0 amide bonds. The summed E-state index contributed by atoms with van der Waals surface area (Å²) in [6.07, 6.45) is 1.43. The molecule has 27 heavy (non-hydrogen) atoms. The molecule has 140 valence electrons. The van der Waals surface area contributed by atoms with Crippen LogP contribution in [0.5, 0.6) is 5.75 Å². The second-order valence-electron chi connectivity index (χ2n) is 5.89. The van der Waals surface area contributed by atoms with Gasteiger partial charge in [-0.05, 0) is 31.3 Å². The first-order valence-electron chi connectivity index (χ1n) is 8.73. The van der Waals surface area contributed by atoms with Gasteiger partial charge < -0.3 is 16.2 Å². The van der Waals surface area contributed by atoms with Crippen LogP contribution in [0.15, 0.2) is 24.5 Å². The highest BCUT2D eigenvalue weighted by atomic mass is 16.5. The SMILES string of the molecule is CCN(CC)CC#Cc1ccc(-n2c(N)nc(N)c3ncnc2-3)c(OC)c1. The lowest BCUT2D eigenvalue weighted by Crippen LogP contribution is -2.22. The number of nitrogens with zero attached hydrogens (tertiary/aromatic N) is 5. The summed E-state index contributed by atoms with van der Waals surface area (Å²) in [5, 5.41) is 0. The Morgan fingerprint density at radius 3 is 2.67 bits per heavy atom. The van der Waals surface area contributed by atoms with Crippen LogP contribution in [0, 0.1) is 11.8 Å². The lowest BCUT2D eigenvalue weighted by atomic mass is 10.1. The van der Waals surface area contributed by atoms with Gasteiger partial charge in [0.15, 0.2) is 17.3 Å². The largest absolute Gasteiger partial charge is 0.495 e. The normalized spacial score (nSPS) is 10.8. The third kappa shape index (κ3) is 3.64. The zero-order chi connectivity index (χ0) is 19.4. The number of hydrogen-bond donors (Lipinski definition) is 2. The molecule has 1 aromatic rings. The molecule has 0 fully saturated rings. The van der Waals surface area contributed by atoms with Crippen LogP contribution >= 0.6 is 0 Å². The van der Waals surface area contributed by atoms with Gasteiger partial charge in [0.2, 0.25) is 5.95 Å². The number of benzene rings is 1. The van der Waals surface area contributed by atoms with Gasteiger partial charge >= 0.3 is 0 Å². The van der Waals surface area contributed by atoms with Crippen molar-refractivity contribution in [3.63, 3.8) is 0 Å². The maximum absolute atomic E-state index is 6.10. The fraction of sp³-hybridized carbons (Fsp3) is 0.316. The number of methoxy groups -OCH3 is 1. The lowest BCUT2D eigenvalue weighted by Gasteiger charge is -2.17. The average molecular weight is 365 g/mol. The first-order chi connectivity index (χ1) is 13.1. The van der Waals surface area contributed by atoms with E-state index < -0.39 is 0 Å². The molecule has 2 aliphatic rings. The third-order valence-corrected chi connectivity index (χ3v) is 4.35. The second kappa shape index (κ2) is 7.93. The first-order valence-corrected chi connectivity index (χ1v) is 8.73. The molecule has 0 saturated carbocycles. The Labute approximate surface area is 158 Å². The lowest BCUT2D eigenvalue weighted by molar-refractivity contribution is 0.342. The monoisotopic (exact) mass is 365 g/mol. The van der Waals surface area contributed by atoms with Gasteiger partial charge in [-0.15, -0.1) is 0 Å². The summed E-state index contributed by atoms with van der Waals surface area (Å²) >= 11 is 0. The molecular weight excluding hydrogens is 342 g/mol. The van der Waals surface area contributed by atoms with Crippen LogP contribution in [0.25, 0.3) is 17.2 Å². The summed E-state index contributed by atoms with van der Waals surface area (Å²) in [7, 11) is 1.60. The van der Waals surface area contributed by atoms with Crippen LogP contribution in [-0.4, -0.2) is 51.2 Å². The molecule has 0 unspecified atom stereocenters. The predicted molar refractivity (Wildman–Crippen MR) is 106 cm³/mol. The zero-order valence-corrected chi connectivity index (χ0v) is 15.7. The molecule has 1 aromatic carbocycles. The summed E-state index contributed by atoms with van der Waals surface area (Å²) in [5.74, 6) is 7.96. The van der Waals surface area contributed by atoms with Gasteiger partial charge in [-0.3, -0.25) is 9.47 Å². The summed E-state index contributed by atoms with van der Waals surface area (Å²) in [4.78, 5) is 14.8. The second-order valence-corrected chi connectivity index (χ2v) is 5.89. The molecule has 0 aromatic heterocycles. The Morgan fingerprint density at radius 1 is 1.19 bits per heavy atom. The molecular formula is C19H23N7O. The van der Waals surface area contributed by atoms with Crippen LogP contribution in [0.4, 0.5) is 11.8 Å². The van der Waals surface area contributed by atoms with Crippen molar-refractivity contribution in [3.05, 3.63) is 30.1 Å². The Bertz CT molecular complexity index is 966. The van der Waals surface area contributed by atoms with Gasteiger partial charge in [0.05, 0.1) is 19.3 Å². The molecule has 2 heterocycles. The van der Waals surface area contributed by atoms with Crippen LogP contribution in [0.2, 0.25) is 0 Å². The van der Waals surface area contributed by atoms with E-state index in [1.165, 1.54) is 6.33 Å². The topological polar surface area (TPSA) is 108 Å². The van der Waals surface area contributed by atoms with E-state index >= 15 is 0 Å². The standard InChI is InChI=1S/C19H23N7O/c1-4-25(5-2)10-6-7-13-8-9-14(15(11-13)27-3)26-18-16(22-12-23-18)17(20)24-19(26)21/h8-9,11-12H,4-5,10,20H2,1-3H3,(H2,21,24). The molecule has 3 rings (SSSR count). The number of nitrogens with two attached hydrogens (primary N) is 2. The molecule has 0 spiro atoms. The van der Waals surface area contributed by atoms with E-state index in [2.05, 4.69) is 45.5 Å². The molecule has 0 saturated heterocycles. The van der Waals surface area contributed by atoms with Crippen molar-refractivity contribution >= 4 is 11.8 Å². The van der Waals surface area contributed by atoms with Gasteiger partial charge in [-0.25, -0.2) is 9.97 Å². The van der Waals surface area contributed by atoms with E-state index in [0.717, 1.165) is 25.2 Å². The fourth-order valence-electron chi connectivity index (χ4n) is 2.82. The fourth-order valence-corrected chi connectivity index (χ4v) is 2.82. The summed E-state index contributed by atoms with van der Waals surface area (Å²) in [5.41, 5.74) is 14.0. The van der Waals surface area contributed by atoms with Gasteiger partial charge in [0, 0.05) is 5.56 Å². The Balaban J connectivity index is 2.00. The van der Waals surface area contributed by atoms with Crippen molar-refractivity contribution < 1.29 is 4.74 Å². The molecule has 8 heteroatoms. The van der Waals surface area contributed by atoms with Crippen molar-refractivity contribution in [2.75, 3.05) is 38.2 Å². The van der Waals surface area contributed by atoms with Gasteiger partial charge in [-0.1, -0.05) is 25.7 Å². The van der Waals surface area contributed by atoms with E-state index in [-0.39, 0.29) is 11.8 Å². The first kappa shape index (κ1) is 18.5. The zero-order valence-electron chi connectivity index (χ0n) is 15.7. The number of imidazole rings is 1. The van der Waals surface area contributed by atoms with Crippen LogP contribution < -0.4 is 16.2 Å². The van der Waals surface area contributed by atoms with Crippen molar-refractivity contribution in [1.82, 2.24) is 24.4 Å². The minimum absolute atomic E-state index is 0.208. The number of aromatic nitrogens is 4. The van der Waals surface area contributed by atoms with Crippen LogP contribution in [0.1, 0.15) is 19.4 Å². The number of fused-ring (bicyclic) bond motifs is 1. The molecule has 0 aliphatic carbocycles. The molecule has 2 aliphatic heterocycles. The third-order valence-electron chi connectivity index (χ3n) is 4.35. The van der Waals surface area contributed by atoms with E-state index in [1.807, 2.05) is 18.2 Å². The minimum atomic E-state index is 0.208. The number of rotatable bonds is 5. The maximum atomic E-state index is 6.10. The molecule has 8 nitrogen and oxygen atoms in total. The maximum Gasteiger partial charge on any atom is 0.208 e. The van der Waals surface area contributed by atoms with Crippen molar-refractivity contribution in [3.8, 4) is 34.8 Å². The van der Waals surface area contributed by atoms with Crippen molar-refractivity contribution in [2.45, 2.75) is 13.8 Å².